The van der Waals surface area contributed by atoms with E-state index in [0.29, 0.717) is 6.54 Å². The van der Waals surface area contributed by atoms with E-state index in [0.717, 1.165) is 31.4 Å². The second-order valence-electron chi connectivity index (χ2n) is 3.72. The third kappa shape index (κ3) is 1.95. The first-order valence-electron chi connectivity index (χ1n) is 4.62. The second-order valence-corrected chi connectivity index (χ2v) is 4.70. The highest BCUT2D eigenvalue weighted by Gasteiger charge is 2.39. The molecule has 0 amide bonds. The van der Waals surface area contributed by atoms with Gasteiger partial charge in [-0.05, 0) is 31.3 Å². The molecule has 0 aromatic carbocycles. The van der Waals surface area contributed by atoms with Crippen LogP contribution in [0, 0.1) is 5.41 Å². The van der Waals surface area contributed by atoms with Gasteiger partial charge >= 0.3 is 0 Å². The Bertz CT molecular complexity index is 142. The van der Waals surface area contributed by atoms with E-state index in [1.807, 2.05) is 11.8 Å². The quantitative estimate of drug-likeness (QED) is 0.699. The van der Waals surface area contributed by atoms with Crippen LogP contribution < -0.4 is 5.73 Å². The third-order valence-electron chi connectivity index (χ3n) is 3.07. The fraction of sp³-hybridized carbons (Fsp3) is 1.00. The molecule has 0 saturated heterocycles. The fourth-order valence-corrected chi connectivity index (χ4v) is 2.67. The van der Waals surface area contributed by atoms with E-state index in [1.165, 1.54) is 0 Å². The van der Waals surface area contributed by atoms with Crippen LogP contribution in [0.4, 0.5) is 0 Å². The number of rotatable bonds is 4. The number of thioether (sulfide) groups is 1. The van der Waals surface area contributed by atoms with E-state index >= 15 is 0 Å². The Morgan fingerprint density at radius 2 is 2.42 bits per heavy atom. The first-order chi connectivity index (χ1) is 5.75. The largest absolute Gasteiger partial charge is 0.393 e. The number of aliphatic hydroxyl groups is 1. The maximum atomic E-state index is 9.78. The van der Waals surface area contributed by atoms with Gasteiger partial charge in [0.1, 0.15) is 0 Å². The van der Waals surface area contributed by atoms with Crippen molar-refractivity contribution in [3.05, 3.63) is 0 Å². The number of aliphatic hydroxyl groups excluding tert-OH is 1. The molecule has 72 valence electrons. The third-order valence-corrected chi connectivity index (χ3v) is 3.68. The van der Waals surface area contributed by atoms with Crippen LogP contribution in [-0.2, 0) is 0 Å². The molecule has 12 heavy (non-hydrogen) atoms. The molecule has 0 heterocycles. The molecule has 1 rings (SSSR count). The predicted octanol–water partition coefficient (Wildman–Crippen LogP) is 1.23. The van der Waals surface area contributed by atoms with Crippen molar-refractivity contribution in [3.8, 4) is 0 Å². The van der Waals surface area contributed by atoms with Crippen LogP contribution in [0.5, 0.6) is 0 Å². The summed E-state index contributed by atoms with van der Waals surface area (Å²) in [6, 6.07) is 0. The summed E-state index contributed by atoms with van der Waals surface area (Å²) in [6.45, 7) is 0.648. The van der Waals surface area contributed by atoms with Gasteiger partial charge in [0.05, 0.1) is 6.10 Å². The molecule has 0 bridgehead atoms. The van der Waals surface area contributed by atoms with E-state index in [1.54, 1.807) is 0 Å². The monoisotopic (exact) mass is 189 g/mol. The summed E-state index contributed by atoms with van der Waals surface area (Å²) in [5, 5.41) is 9.78. The van der Waals surface area contributed by atoms with Gasteiger partial charge in [0.2, 0.25) is 0 Å². The molecule has 2 unspecified atom stereocenters. The molecule has 0 aromatic heterocycles. The lowest BCUT2D eigenvalue weighted by Gasteiger charge is -2.30. The lowest BCUT2D eigenvalue weighted by molar-refractivity contribution is 0.0567. The summed E-state index contributed by atoms with van der Waals surface area (Å²) in [5.41, 5.74) is 5.79. The van der Waals surface area contributed by atoms with Crippen LogP contribution >= 0.6 is 11.8 Å². The highest BCUT2D eigenvalue weighted by molar-refractivity contribution is 7.98. The number of hydrogen-bond acceptors (Lipinski definition) is 3. The summed E-state index contributed by atoms with van der Waals surface area (Å²) in [5.74, 6) is 1.12. The van der Waals surface area contributed by atoms with Crippen molar-refractivity contribution in [3.63, 3.8) is 0 Å². The molecule has 1 fully saturated rings. The van der Waals surface area contributed by atoms with Crippen molar-refractivity contribution in [1.82, 2.24) is 0 Å². The molecule has 1 aliphatic rings. The molecule has 3 N–H and O–H groups in total. The maximum absolute atomic E-state index is 9.78. The van der Waals surface area contributed by atoms with Crippen molar-refractivity contribution in [2.45, 2.75) is 31.8 Å². The van der Waals surface area contributed by atoms with Gasteiger partial charge in [0.25, 0.3) is 0 Å². The first-order valence-corrected chi connectivity index (χ1v) is 6.01. The normalized spacial score (nSPS) is 35.8. The standard InChI is InChI=1S/C9H19NOS/c1-12-6-5-9(7-10)4-2-3-8(9)11/h8,11H,2-7,10H2,1H3. The van der Waals surface area contributed by atoms with Crippen LogP contribution in [0.1, 0.15) is 25.7 Å². The Morgan fingerprint density at radius 3 is 2.83 bits per heavy atom. The molecule has 0 aromatic rings. The molecule has 0 aliphatic heterocycles. The summed E-state index contributed by atoms with van der Waals surface area (Å²) < 4.78 is 0. The Labute approximate surface area is 78.9 Å². The number of nitrogens with two attached hydrogens (primary N) is 1. The van der Waals surface area contributed by atoms with Crippen LogP contribution in [0.2, 0.25) is 0 Å². The van der Waals surface area contributed by atoms with Crippen LogP contribution in [0.15, 0.2) is 0 Å². The minimum atomic E-state index is -0.144. The molecule has 3 heteroatoms. The Kier molecular flexibility index (Phi) is 3.87. The average molecular weight is 189 g/mol. The minimum absolute atomic E-state index is 0.0585. The lowest BCUT2D eigenvalue weighted by atomic mass is 9.81. The van der Waals surface area contributed by atoms with Gasteiger partial charge < -0.3 is 10.8 Å². The number of hydrogen-bond donors (Lipinski definition) is 2. The highest BCUT2D eigenvalue weighted by atomic mass is 32.2. The van der Waals surface area contributed by atoms with E-state index in [4.69, 9.17) is 5.73 Å². The maximum Gasteiger partial charge on any atom is 0.0608 e. The topological polar surface area (TPSA) is 46.2 Å². The van der Waals surface area contributed by atoms with Gasteiger partial charge in [-0.3, -0.25) is 0 Å². The zero-order chi connectivity index (χ0) is 9.03. The average Bonchev–Trinajstić information content (AvgIpc) is 2.45. The first kappa shape index (κ1) is 10.4. The molecule has 2 nitrogen and oxygen atoms in total. The lowest BCUT2D eigenvalue weighted by Crippen LogP contribution is -2.38. The van der Waals surface area contributed by atoms with Crippen LogP contribution in [0.3, 0.4) is 0 Å². The van der Waals surface area contributed by atoms with Crippen LogP contribution in [0.25, 0.3) is 0 Å². The molecule has 2 atom stereocenters. The van der Waals surface area contributed by atoms with Gasteiger partial charge in [-0.1, -0.05) is 6.42 Å². The molecular formula is C9H19NOS. The van der Waals surface area contributed by atoms with E-state index in [2.05, 4.69) is 6.26 Å². The van der Waals surface area contributed by atoms with Crippen molar-refractivity contribution < 1.29 is 5.11 Å². The van der Waals surface area contributed by atoms with Gasteiger partial charge in [-0.15, -0.1) is 0 Å². The van der Waals surface area contributed by atoms with E-state index in [-0.39, 0.29) is 11.5 Å². The van der Waals surface area contributed by atoms with Crippen molar-refractivity contribution in [2.24, 2.45) is 11.1 Å². The van der Waals surface area contributed by atoms with E-state index < -0.39 is 0 Å². The SMILES string of the molecule is CSCCC1(CN)CCCC1O. The smallest absolute Gasteiger partial charge is 0.0608 e. The Hall–Kier alpha value is 0.270. The minimum Gasteiger partial charge on any atom is -0.393 e. The van der Waals surface area contributed by atoms with Crippen LogP contribution in [-0.4, -0.2) is 29.8 Å². The molecule has 0 spiro atoms. The highest BCUT2D eigenvalue weighted by Crippen LogP contribution is 2.40. The molecule has 1 saturated carbocycles. The van der Waals surface area contributed by atoms with Gasteiger partial charge in [-0.25, -0.2) is 0 Å². The zero-order valence-corrected chi connectivity index (χ0v) is 8.57. The molecule has 0 radical (unpaired) electrons. The van der Waals surface area contributed by atoms with Gasteiger partial charge in [0.15, 0.2) is 0 Å². The van der Waals surface area contributed by atoms with Gasteiger partial charge in [-0.2, -0.15) is 11.8 Å². The zero-order valence-electron chi connectivity index (χ0n) is 7.75. The summed E-state index contributed by atoms with van der Waals surface area (Å²) in [6.07, 6.45) is 6.25. The summed E-state index contributed by atoms with van der Waals surface area (Å²) in [4.78, 5) is 0. The van der Waals surface area contributed by atoms with Gasteiger partial charge in [0, 0.05) is 12.0 Å². The van der Waals surface area contributed by atoms with Crippen molar-refractivity contribution in [1.29, 1.82) is 0 Å². The summed E-state index contributed by atoms with van der Waals surface area (Å²) in [7, 11) is 0. The Balaban J connectivity index is 2.49. The van der Waals surface area contributed by atoms with Crippen molar-refractivity contribution >= 4 is 11.8 Å². The van der Waals surface area contributed by atoms with Crippen molar-refractivity contribution in [2.75, 3.05) is 18.6 Å². The summed E-state index contributed by atoms with van der Waals surface area (Å²) >= 11 is 1.84. The predicted molar refractivity (Wildman–Crippen MR) is 54.3 cm³/mol. The second kappa shape index (κ2) is 4.49. The molecular weight excluding hydrogens is 170 g/mol. The molecule has 1 aliphatic carbocycles. The Morgan fingerprint density at radius 1 is 1.67 bits per heavy atom. The fourth-order valence-electron chi connectivity index (χ4n) is 2.06. The van der Waals surface area contributed by atoms with E-state index in [9.17, 15) is 5.11 Å².